The lowest BCUT2D eigenvalue weighted by Gasteiger charge is -2.19. The Balaban J connectivity index is 1.59. The SMILES string of the molecule is COc1ccc(NS(=O)(=O)c2ccc(N=C3C(=O)c4ccccc4C(=O)C3Cl)cc2)cc1. The molecule has 0 bridgehead atoms. The van der Waals surface area contributed by atoms with Crippen LogP contribution < -0.4 is 9.46 Å². The van der Waals surface area contributed by atoms with Gasteiger partial charge >= 0.3 is 0 Å². The van der Waals surface area contributed by atoms with Crippen LogP contribution in [0.3, 0.4) is 0 Å². The smallest absolute Gasteiger partial charge is 0.261 e. The van der Waals surface area contributed by atoms with E-state index in [4.69, 9.17) is 16.3 Å². The molecule has 0 aliphatic heterocycles. The van der Waals surface area contributed by atoms with Crippen LogP contribution in [0.4, 0.5) is 11.4 Å². The van der Waals surface area contributed by atoms with Gasteiger partial charge in [-0.05, 0) is 48.5 Å². The number of ketones is 2. The summed E-state index contributed by atoms with van der Waals surface area (Å²) in [5.74, 6) is -0.228. The lowest BCUT2D eigenvalue weighted by atomic mass is 9.88. The molecule has 0 radical (unpaired) electrons. The first-order valence-electron chi connectivity index (χ1n) is 9.48. The predicted octanol–water partition coefficient (Wildman–Crippen LogP) is 4.26. The molecule has 0 heterocycles. The second-order valence-electron chi connectivity index (χ2n) is 6.93. The van der Waals surface area contributed by atoms with Gasteiger partial charge in [0.1, 0.15) is 16.8 Å². The van der Waals surface area contributed by atoms with Crippen LogP contribution in [0.2, 0.25) is 0 Å². The quantitative estimate of drug-likeness (QED) is 0.564. The zero-order chi connectivity index (χ0) is 22.9. The third-order valence-electron chi connectivity index (χ3n) is 4.88. The molecule has 0 aromatic heterocycles. The third kappa shape index (κ3) is 4.15. The molecule has 32 heavy (non-hydrogen) atoms. The molecule has 0 amide bonds. The normalized spacial score (nSPS) is 17.2. The molecular weight excluding hydrogens is 452 g/mol. The largest absolute Gasteiger partial charge is 0.497 e. The van der Waals surface area contributed by atoms with Crippen molar-refractivity contribution < 1.29 is 22.7 Å². The first-order chi connectivity index (χ1) is 15.3. The predicted molar refractivity (Wildman–Crippen MR) is 122 cm³/mol. The number of carbonyl (C=O) groups excluding carboxylic acids is 2. The number of aliphatic imine (C=N–C) groups is 1. The summed E-state index contributed by atoms with van der Waals surface area (Å²) in [7, 11) is -2.32. The number of methoxy groups -OCH3 is 1. The van der Waals surface area contributed by atoms with Crippen molar-refractivity contribution in [3.63, 3.8) is 0 Å². The summed E-state index contributed by atoms with van der Waals surface area (Å²) in [6.07, 6.45) is 0. The minimum atomic E-state index is -3.84. The van der Waals surface area contributed by atoms with E-state index in [0.29, 0.717) is 17.1 Å². The van der Waals surface area contributed by atoms with Gasteiger partial charge in [0.25, 0.3) is 10.0 Å². The van der Waals surface area contributed by atoms with Crippen LogP contribution in [0.15, 0.2) is 82.7 Å². The van der Waals surface area contributed by atoms with Crippen molar-refractivity contribution in [3.8, 4) is 5.75 Å². The minimum Gasteiger partial charge on any atom is -0.497 e. The number of fused-ring (bicyclic) bond motifs is 1. The average Bonchev–Trinajstić information content (AvgIpc) is 2.81. The van der Waals surface area contributed by atoms with E-state index in [2.05, 4.69) is 9.71 Å². The fourth-order valence-corrected chi connectivity index (χ4v) is 4.55. The van der Waals surface area contributed by atoms with E-state index < -0.39 is 27.0 Å². The van der Waals surface area contributed by atoms with E-state index in [1.54, 1.807) is 48.5 Å². The summed E-state index contributed by atoms with van der Waals surface area (Å²) < 4.78 is 32.8. The molecule has 162 valence electrons. The number of ether oxygens (including phenoxy) is 1. The Labute approximate surface area is 189 Å². The van der Waals surface area contributed by atoms with Crippen molar-refractivity contribution in [2.24, 2.45) is 4.99 Å². The summed E-state index contributed by atoms with van der Waals surface area (Å²) in [4.78, 5) is 29.5. The van der Waals surface area contributed by atoms with Crippen LogP contribution in [0.5, 0.6) is 5.75 Å². The topological polar surface area (TPSA) is 102 Å². The first-order valence-corrected chi connectivity index (χ1v) is 11.4. The molecule has 0 saturated heterocycles. The van der Waals surface area contributed by atoms with E-state index in [9.17, 15) is 18.0 Å². The van der Waals surface area contributed by atoms with Crippen LogP contribution in [0, 0.1) is 0 Å². The van der Waals surface area contributed by atoms with E-state index in [0.717, 1.165) is 0 Å². The number of anilines is 1. The second kappa shape index (κ2) is 8.57. The molecule has 0 fully saturated rings. The Hall–Kier alpha value is -3.49. The van der Waals surface area contributed by atoms with E-state index in [1.807, 2.05) is 0 Å². The van der Waals surface area contributed by atoms with Gasteiger partial charge in [0, 0.05) is 16.8 Å². The zero-order valence-electron chi connectivity index (χ0n) is 16.8. The van der Waals surface area contributed by atoms with Gasteiger partial charge in [-0.3, -0.25) is 14.3 Å². The summed E-state index contributed by atoms with van der Waals surface area (Å²) in [5.41, 5.74) is 1.10. The van der Waals surface area contributed by atoms with Crippen LogP contribution in [0.25, 0.3) is 0 Å². The highest BCUT2D eigenvalue weighted by molar-refractivity contribution is 7.92. The number of sulfonamides is 1. The number of nitrogens with one attached hydrogen (secondary N) is 1. The van der Waals surface area contributed by atoms with Crippen molar-refractivity contribution in [3.05, 3.63) is 83.9 Å². The molecule has 7 nitrogen and oxygen atoms in total. The molecule has 4 rings (SSSR count). The number of Topliss-reactive ketones (excluding diaryl/α,β-unsaturated/α-hetero) is 2. The monoisotopic (exact) mass is 468 g/mol. The van der Waals surface area contributed by atoms with Gasteiger partial charge in [0.2, 0.25) is 5.78 Å². The second-order valence-corrected chi connectivity index (χ2v) is 9.05. The highest BCUT2D eigenvalue weighted by Crippen LogP contribution is 2.27. The Morgan fingerprint density at radius 1 is 0.906 bits per heavy atom. The molecular formula is C23H17ClN2O5S. The maximum absolute atomic E-state index is 12.8. The Kier molecular flexibility index (Phi) is 5.82. The molecule has 3 aromatic carbocycles. The number of carbonyl (C=O) groups is 2. The van der Waals surface area contributed by atoms with Gasteiger partial charge in [0.15, 0.2) is 5.78 Å². The summed E-state index contributed by atoms with van der Waals surface area (Å²) >= 11 is 6.21. The first kappa shape index (κ1) is 21.7. The lowest BCUT2D eigenvalue weighted by molar-refractivity contribution is 0.0968. The molecule has 1 unspecified atom stereocenters. The van der Waals surface area contributed by atoms with Gasteiger partial charge in [-0.1, -0.05) is 24.3 Å². The fourth-order valence-electron chi connectivity index (χ4n) is 3.23. The lowest BCUT2D eigenvalue weighted by Crippen LogP contribution is -2.37. The standard InChI is InChI=1S/C23H17ClN2O5S/c1-31-16-10-6-15(7-11-16)26-32(29,30)17-12-8-14(9-13-17)25-21-20(24)22(27)18-4-2-3-5-19(18)23(21)28/h2-13,20,26H,1H3. The number of hydrogen-bond donors (Lipinski definition) is 1. The highest BCUT2D eigenvalue weighted by Gasteiger charge is 2.37. The van der Waals surface area contributed by atoms with E-state index >= 15 is 0 Å². The number of alkyl halides is 1. The molecule has 0 saturated carbocycles. The van der Waals surface area contributed by atoms with Crippen molar-refractivity contribution >= 4 is 50.3 Å². The van der Waals surface area contributed by atoms with E-state index in [-0.39, 0.29) is 21.7 Å². The molecule has 1 N–H and O–H groups in total. The van der Waals surface area contributed by atoms with Gasteiger partial charge in [-0.2, -0.15) is 0 Å². The van der Waals surface area contributed by atoms with Gasteiger partial charge in [-0.25, -0.2) is 13.4 Å². The minimum absolute atomic E-state index is 0.0103. The molecule has 1 aliphatic carbocycles. The van der Waals surface area contributed by atoms with Crippen molar-refractivity contribution in [2.75, 3.05) is 11.8 Å². The molecule has 9 heteroatoms. The van der Waals surface area contributed by atoms with Gasteiger partial charge in [-0.15, -0.1) is 11.6 Å². The number of rotatable bonds is 5. The molecule has 1 aliphatic rings. The van der Waals surface area contributed by atoms with Crippen molar-refractivity contribution in [2.45, 2.75) is 10.3 Å². The van der Waals surface area contributed by atoms with Crippen molar-refractivity contribution in [1.82, 2.24) is 0 Å². The zero-order valence-corrected chi connectivity index (χ0v) is 18.4. The summed E-state index contributed by atoms with van der Waals surface area (Å²) in [5, 5.41) is -1.21. The van der Waals surface area contributed by atoms with Crippen LogP contribution in [0.1, 0.15) is 20.7 Å². The molecule has 0 spiro atoms. The van der Waals surface area contributed by atoms with Gasteiger partial charge < -0.3 is 4.74 Å². The molecule has 1 atom stereocenters. The highest BCUT2D eigenvalue weighted by atomic mass is 35.5. The Morgan fingerprint density at radius 2 is 1.53 bits per heavy atom. The van der Waals surface area contributed by atoms with Crippen molar-refractivity contribution in [1.29, 1.82) is 0 Å². The maximum atomic E-state index is 12.8. The Morgan fingerprint density at radius 3 is 2.16 bits per heavy atom. The fraction of sp³-hybridized carbons (Fsp3) is 0.0870. The summed E-state index contributed by atoms with van der Waals surface area (Å²) in [6.45, 7) is 0. The maximum Gasteiger partial charge on any atom is 0.261 e. The van der Waals surface area contributed by atoms with Crippen LogP contribution in [-0.2, 0) is 10.0 Å². The average molecular weight is 469 g/mol. The van der Waals surface area contributed by atoms with E-state index in [1.165, 1.54) is 31.4 Å². The molecule has 3 aromatic rings. The number of hydrogen-bond acceptors (Lipinski definition) is 6. The van der Waals surface area contributed by atoms with Crippen LogP contribution >= 0.6 is 11.6 Å². The number of halogens is 1. The van der Waals surface area contributed by atoms with Crippen LogP contribution in [-0.4, -0.2) is 38.2 Å². The number of nitrogens with zero attached hydrogens (tertiary/aromatic N) is 1. The third-order valence-corrected chi connectivity index (χ3v) is 6.68. The Bertz CT molecular complexity index is 1330. The van der Waals surface area contributed by atoms with Gasteiger partial charge in [0.05, 0.1) is 17.7 Å². The summed E-state index contributed by atoms with van der Waals surface area (Å²) in [6, 6.07) is 18.5. The number of benzene rings is 3.